The van der Waals surface area contributed by atoms with Crippen molar-refractivity contribution >= 4 is 27.0 Å². The number of hydrogen-bond donors (Lipinski definition) is 1. The van der Waals surface area contributed by atoms with Crippen molar-refractivity contribution < 1.29 is 17.8 Å². The van der Waals surface area contributed by atoms with Crippen molar-refractivity contribution in [3.63, 3.8) is 0 Å². The summed E-state index contributed by atoms with van der Waals surface area (Å²) in [5.41, 5.74) is 0.571. The lowest BCUT2D eigenvalue weighted by Crippen LogP contribution is -2.24. The van der Waals surface area contributed by atoms with E-state index in [1.165, 1.54) is 36.7 Å². The van der Waals surface area contributed by atoms with Crippen LogP contribution in [0.5, 0.6) is 0 Å². The predicted molar refractivity (Wildman–Crippen MR) is 91.7 cm³/mol. The van der Waals surface area contributed by atoms with Crippen molar-refractivity contribution in [2.75, 3.05) is 0 Å². The molecular formula is C15H13N3O5S2. The molecule has 3 rings (SSSR count). The first-order valence-electron chi connectivity index (χ1n) is 7.10. The van der Waals surface area contributed by atoms with Gasteiger partial charge in [-0.25, -0.2) is 18.1 Å². The number of hydrogen-bond acceptors (Lipinski definition) is 7. The summed E-state index contributed by atoms with van der Waals surface area (Å²) >= 11 is 1.47. The van der Waals surface area contributed by atoms with Crippen molar-refractivity contribution in [3.8, 4) is 10.8 Å². The van der Waals surface area contributed by atoms with Crippen LogP contribution in [-0.2, 0) is 16.6 Å². The van der Waals surface area contributed by atoms with Crippen molar-refractivity contribution in [2.24, 2.45) is 0 Å². The summed E-state index contributed by atoms with van der Waals surface area (Å²) in [6, 6.07) is 7.32. The van der Waals surface area contributed by atoms with Gasteiger partial charge in [0.25, 0.3) is 5.69 Å². The Morgan fingerprint density at radius 2 is 2.16 bits per heavy atom. The molecule has 8 nitrogen and oxygen atoms in total. The van der Waals surface area contributed by atoms with Crippen LogP contribution in [0, 0.1) is 17.0 Å². The van der Waals surface area contributed by atoms with Crippen LogP contribution in [-0.4, -0.2) is 18.3 Å². The number of thiophene rings is 1. The first-order chi connectivity index (χ1) is 11.9. The molecule has 0 radical (unpaired) electrons. The number of aromatic nitrogens is 1. The second kappa shape index (κ2) is 6.75. The molecule has 0 aliphatic heterocycles. The van der Waals surface area contributed by atoms with E-state index in [0.29, 0.717) is 17.1 Å². The third-order valence-corrected chi connectivity index (χ3v) is 5.81. The summed E-state index contributed by atoms with van der Waals surface area (Å²) in [5, 5.41) is 12.6. The van der Waals surface area contributed by atoms with Gasteiger partial charge in [0.2, 0.25) is 15.9 Å². The summed E-state index contributed by atoms with van der Waals surface area (Å²) in [5.74, 6) is 0.427. The first-order valence-corrected chi connectivity index (χ1v) is 9.46. The van der Waals surface area contributed by atoms with Crippen LogP contribution in [0.2, 0.25) is 0 Å². The molecule has 2 heterocycles. The smallest absolute Gasteiger partial charge is 0.269 e. The topological polar surface area (TPSA) is 115 Å². The lowest BCUT2D eigenvalue weighted by Gasteiger charge is -2.08. The van der Waals surface area contributed by atoms with Crippen molar-refractivity contribution in [3.05, 3.63) is 63.3 Å². The molecule has 25 heavy (non-hydrogen) atoms. The fraction of sp³-hybridized carbons (Fsp3) is 0.133. The molecule has 130 valence electrons. The molecule has 0 aliphatic carbocycles. The van der Waals surface area contributed by atoms with Gasteiger partial charge >= 0.3 is 0 Å². The molecule has 0 unspecified atom stereocenters. The number of sulfonamides is 1. The van der Waals surface area contributed by atoms with Gasteiger partial charge in [0, 0.05) is 12.1 Å². The van der Waals surface area contributed by atoms with Crippen molar-refractivity contribution in [1.29, 1.82) is 0 Å². The van der Waals surface area contributed by atoms with Crippen LogP contribution in [0.3, 0.4) is 0 Å². The minimum absolute atomic E-state index is 0.0138. The Labute approximate surface area is 147 Å². The maximum Gasteiger partial charge on any atom is 0.269 e. The number of oxazole rings is 1. The highest BCUT2D eigenvalue weighted by Gasteiger charge is 2.20. The number of aryl methyl sites for hydroxylation is 1. The Morgan fingerprint density at radius 3 is 2.80 bits per heavy atom. The highest BCUT2D eigenvalue weighted by molar-refractivity contribution is 7.89. The fourth-order valence-electron chi connectivity index (χ4n) is 2.20. The van der Waals surface area contributed by atoms with Crippen LogP contribution in [0.1, 0.15) is 11.3 Å². The number of nitrogens with one attached hydrogen (secondary N) is 1. The average Bonchev–Trinajstić information content (AvgIpc) is 3.24. The van der Waals surface area contributed by atoms with Gasteiger partial charge in [-0.05, 0) is 30.0 Å². The van der Waals surface area contributed by atoms with E-state index in [0.717, 1.165) is 10.9 Å². The quantitative estimate of drug-likeness (QED) is 0.520. The zero-order valence-electron chi connectivity index (χ0n) is 13.0. The third-order valence-electron chi connectivity index (χ3n) is 3.39. The van der Waals surface area contributed by atoms with Crippen molar-refractivity contribution in [1.82, 2.24) is 9.71 Å². The molecule has 0 saturated heterocycles. The maximum absolute atomic E-state index is 12.4. The minimum atomic E-state index is -3.83. The zero-order chi connectivity index (χ0) is 18.0. The van der Waals surface area contributed by atoms with Gasteiger partial charge in [-0.15, -0.1) is 11.3 Å². The van der Waals surface area contributed by atoms with Gasteiger partial charge in [-0.1, -0.05) is 6.07 Å². The number of benzene rings is 1. The van der Waals surface area contributed by atoms with Crippen LogP contribution >= 0.6 is 11.3 Å². The Bertz CT molecular complexity index is 1010. The summed E-state index contributed by atoms with van der Waals surface area (Å²) in [6.45, 7) is 1.46. The first kappa shape index (κ1) is 17.3. The summed E-state index contributed by atoms with van der Waals surface area (Å²) in [4.78, 5) is 15.2. The number of rotatable bonds is 6. The monoisotopic (exact) mass is 379 g/mol. The van der Waals surface area contributed by atoms with Crippen molar-refractivity contribution in [2.45, 2.75) is 18.4 Å². The number of nitro benzene ring substituents is 1. The lowest BCUT2D eigenvalue weighted by molar-refractivity contribution is -0.385. The average molecular weight is 379 g/mol. The number of nitro groups is 1. The van der Waals surface area contributed by atoms with Gasteiger partial charge in [-0.3, -0.25) is 10.1 Å². The fourth-order valence-corrected chi connectivity index (χ4v) is 4.08. The molecule has 0 aliphatic rings. The molecule has 2 aromatic heterocycles. The van der Waals surface area contributed by atoms with Crippen LogP contribution in [0.25, 0.3) is 10.8 Å². The van der Waals surface area contributed by atoms with Gasteiger partial charge in [-0.2, -0.15) is 0 Å². The van der Waals surface area contributed by atoms with E-state index in [2.05, 4.69) is 9.71 Å². The summed E-state index contributed by atoms with van der Waals surface area (Å²) < 4.78 is 32.6. The highest BCUT2D eigenvalue weighted by atomic mass is 32.2. The lowest BCUT2D eigenvalue weighted by atomic mass is 10.2. The molecule has 1 aromatic carbocycles. The van der Waals surface area contributed by atoms with Gasteiger partial charge < -0.3 is 4.42 Å². The Morgan fingerprint density at radius 1 is 1.36 bits per heavy atom. The standard InChI is InChI=1S/C15H13N3O5S2/c1-10-7-12(18(19)20)4-5-14(10)25(21,22)16-8-11-9-23-15(17-11)13-3-2-6-24-13/h2-7,9,16H,8H2,1H3. The van der Waals surface area contributed by atoms with Crippen LogP contribution in [0.15, 0.2) is 51.3 Å². The summed E-state index contributed by atoms with van der Waals surface area (Å²) in [7, 11) is -3.83. The minimum Gasteiger partial charge on any atom is -0.444 e. The summed E-state index contributed by atoms with van der Waals surface area (Å²) in [6.07, 6.45) is 1.39. The third kappa shape index (κ3) is 3.76. The Balaban J connectivity index is 1.75. The normalized spacial score (nSPS) is 11.6. The molecule has 0 atom stereocenters. The molecular weight excluding hydrogens is 366 g/mol. The van der Waals surface area contributed by atoms with E-state index in [9.17, 15) is 18.5 Å². The van der Waals surface area contributed by atoms with E-state index < -0.39 is 14.9 Å². The van der Waals surface area contributed by atoms with Gasteiger partial charge in [0.15, 0.2) is 0 Å². The van der Waals surface area contributed by atoms with E-state index in [1.807, 2.05) is 17.5 Å². The van der Waals surface area contributed by atoms with Crippen LogP contribution < -0.4 is 4.72 Å². The Hall–Kier alpha value is -2.56. The number of nitrogens with zero attached hydrogens (tertiary/aromatic N) is 2. The van der Waals surface area contributed by atoms with E-state index in [4.69, 9.17) is 4.42 Å². The van der Waals surface area contributed by atoms with Gasteiger partial charge in [0.1, 0.15) is 6.26 Å². The second-order valence-corrected chi connectivity index (χ2v) is 7.84. The largest absolute Gasteiger partial charge is 0.444 e. The number of non-ortho nitro benzene ring substituents is 1. The molecule has 0 saturated carbocycles. The molecule has 10 heteroatoms. The molecule has 3 aromatic rings. The van der Waals surface area contributed by atoms with E-state index in [-0.39, 0.29) is 17.1 Å². The maximum atomic E-state index is 12.4. The second-order valence-electron chi connectivity index (χ2n) is 5.15. The SMILES string of the molecule is Cc1cc([N+](=O)[O-])ccc1S(=O)(=O)NCc1coc(-c2cccs2)n1. The van der Waals surface area contributed by atoms with E-state index >= 15 is 0 Å². The molecule has 0 fully saturated rings. The van der Waals surface area contributed by atoms with Gasteiger partial charge in [0.05, 0.1) is 26.9 Å². The molecule has 1 N–H and O–H groups in total. The highest BCUT2D eigenvalue weighted by Crippen LogP contribution is 2.24. The molecule has 0 spiro atoms. The van der Waals surface area contributed by atoms with Crippen LogP contribution in [0.4, 0.5) is 5.69 Å². The zero-order valence-corrected chi connectivity index (χ0v) is 14.6. The molecule has 0 amide bonds. The predicted octanol–water partition coefficient (Wildman–Crippen LogP) is 3.10. The van der Waals surface area contributed by atoms with E-state index in [1.54, 1.807) is 0 Å². The Kier molecular flexibility index (Phi) is 4.66. The molecule has 0 bridgehead atoms.